The fourth-order valence-corrected chi connectivity index (χ4v) is 5.59. The van der Waals surface area contributed by atoms with Gasteiger partial charge in [0.25, 0.3) is 0 Å². The average molecular weight is 432 g/mol. The summed E-state index contributed by atoms with van der Waals surface area (Å²) in [6.45, 7) is 18.3. The van der Waals surface area contributed by atoms with Crippen LogP contribution in [0, 0.1) is 11.3 Å². The molecule has 0 amide bonds. The molecule has 2 saturated heterocycles. The van der Waals surface area contributed by atoms with Crippen molar-refractivity contribution in [3.8, 4) is 0 Å². The Labute approximate surface area is 190 Å². The third-order valence-electron chi connectivity index (χ3n) is 8.85. The smallest absolute Gasteiger partial charge is 0.174 e. The van der Waals surface area contributed by atoms with E-state index in [1.54, 1.807) is 0 Å². The van der Waals surface area contributed by atoms with Gasteiger partial charge in [0.2, 0.25) is 0 Å². The van der Waals surface area contributed by atoms with Crippen LogP contribution in [0.25, 0.3) is 0 Å². The molecule has 0 aromatic heterocycles. The molecule has 31 heavy (non-hydrogen) atoms. The van der Waals surface area contributed by atoms with Crippen LogP contribution in [-0.4, -0.2) is 41.7 Å². The molecule has 3 rings (SSSR count). The van der Waals surface area contributed by atoms with Crippen molar-refractivity contribution < 1.29 is 14.3 Å². The maximum absolute atomic E-state index is 6.73. The van der Waals surface area contributed by atoms with Gasteiger partial charge in [-0.2, -0.15) is 5.06 Å². The number of ether oxygens (including phenoxy) is 2. The quantitative estimate of drug-likeness (QED) is 0.477. The first-order valence-electron chi connectivity index (χ1n) is 12.5. The molecule has 0 aliphatic carbocycles. The van der Waals surface area contributed by atoms with Crippen molar-refractivity contribution >= 4 is 0 Å². The fourth-order valence-electron chi connectivity index (χ4n) is 5.59. The summed E-state index contributed by atoms with van der Waals surface area (Å²) in [6.07, 6.45) is 5.91. The number of hydrogen-bond donors (Lipinski definition) is 0. The van der Waals surface area contributed by atoms with E-state index >= 15 is 0 Å². The van der Waals surface area contributed by atoms with Gasteiger partial charge in [0.15, 0.2) is 5.79 Å². The molecule has 2 aliphatic heterocycles. The topological polar surface area (TPSA) is 30.9 Å². The van der Waals surface area contributed by atoms with Crippen molar-refractivity contribution in [1.82, 2.24) is 5.06 Å². The number of hydroxylamine groups is 2. The van der Waals surface area contributed by atoms with E-state index in [1.165, 1.54) is 5.56 Å². The van der Waals surface area contributed by atoms with Crippen LogP contribution in [0.2, 0.25) is 0 Å². The van der Waals surface area contributed by atoms with Crippen LogP contribution in [0.15, 0.2) is 30.3 Å². The molecular weight excluding hydrogens is 386 g/mol. The zero-order valence-electron chi connectivity index (χ0n) is 21.0. The lowest BCUT2D eigenvalue weighted by Crippen LogP contribution is -2.73. The van der Waals surface area contributed by atoms with E-state index in [4.69, 9.17) is 14.3 Å². The van der Waals surface area contributed by atoms with Crippen LogP contribution in [-0.2, 0) is 20.7 Å². The normalized spacial score (nSPS) is 32.9. The second kappa shape index (κ2) is 9.51. The van der Waals surface area contributed by atoms with Crippen LogP contribution in [0.1, 0.15) is 86.1 Å². The summed E-state index contributed by atoms with van der Waals surface area (Å²) in [4.78, 5) is 6.61. The SMILES string of the molecule is CCC1(CC)COC2(CC(C)(CC)N(OCCc3ccccc3)C(C)(CC)C2C)OC1. The highest BCUT2D eigenvalue weighted by molar-refractivity contribution is 5.15. The lowest BCUT2D eigenvalue weighted by molar-refractivity contribution is -0.410. The molecule has 3 unspecified atom stereocenters. The molecule has 4 heteroatoms. The van der Waals surface area contributed by atoms with Crippen molar-refractivity contribution in [2.75, 3.05) is 19.8 Å². The number of rotatable bonds is 8. The molecule has 2 aliphatic rings. The highest BCUT2D eigenvalue weighted by Crippen LogP contribution is 2.54. The Kier molecular flexibility index (Phi) is 7.57. The monoisotopic (exact) mass is 431 g/mol. The maximum atomic E-state index is 6.73. The van der Waals surface area contributed by atoms with E-state index in [-0.39, 0.29) is 22.4 Å². The fraction of sp³-hybridized carbons (Fsp3) is 0.778. The molecule has 0 bridgehead atoms. The summed E-state index contributed by atoms with van der Waals surface area (Å²) >= 11 is 0. The van der Waals surface area contributed by atoms with Crippen LogP contribution in [0.3, 0.4) is 0 Å². The van der Waals surface area contributed by atoms with Gasteiger partial charge in [0.05, 0.1) is 25.4 Å². The molecule has 2 fully saturated rings. The van der Waals surface area contributed by atoms with Gasteiger partial charge >= 0.3 is 0 Å². The minimum absolute atomic E-state index is 0.146. The molecule has 0 saturated carbocycles. The van der Waals surface area contributed by atoms with Gasteiger partial charge in [0.1, 0.15) is 0 Å². The molecule has 0 radical (unpaired) electrons. The third-order valence-corrected chi connectivity index (χ3v) is 8.85. The Bertz CT molecular complexity index is 694. The first-order chi connectivity index (χ1) is 14.7. The van der Waals surface area contributed by atoms with Crippen molar-refractivity contribution in [3.63, 3.8) is 0 Å². The number of nitrogens with zero attached hydrogens (tertiary/aromatic N) is 1. The maximum Gasteiger partial charge on any atom is 0.174 e. The summed E-state index contributed by atoms with van der Waals surface area (Å²) in [5, 5.41) is 2.33. The summed E-state index contributed by atoms with van der Waals surface area (Å²) < 4.78 is 13.5. The second-order valence-electron chi connectivity index (χ2n) is 10.4. The van der Waals surface area contributed by atoms with E-state index in [9.17, 15) is 0 Å². The van der Waals surface area contributed by atoms with Crippen molar-refractivity contribution in [2.24, 2.45) is 11.3 Å². The molecule has 1 aromatic rings. The predicted molar refractivity (Wildman–Crippen MR) is 127 cm³/mol. The third kappa shape index (κ3) is 4.46. The minimum atomic E-state index is -0.539. The zero-order valence-corrected chi connectivity index (χ0v) is 21.0. The highest BCUT2D eigenvalue weighted by atomic mass is 16.7. The van der Waals surface area contributed by atoms with E-state index < -0.39 is 5.79 Å². The first kappa shape index (κ1) is 24.7. The van der Waals surface area contributed by atoms with E-state index in [1.807, 2.05) is 0 Å². The van der Waals surface area contributed by atoms with Gasteiger partial charge in [-0.05, 0) is 51.5 Å². The molecule has 2 heterocycles. The van der Waals surface area contributed by atoms with Crippen LogP contribution in [0.5, 0.6) is 0 Å². The number of hydrogen-bond acceptors (Lipinski definition) is 4. The lowest BCUT2D eigenvalue weighted by atomic mass is 9.66. The largest absolute Gasteiger partial charge is 0.349 e. The van der Waals surface area contributed by atoms with Crippen LogP contribution < -0.4 is 0 Å². The van der Waals surface area contributed by atoms with Gasteiger partial charge in [-0.3, -0.25) is 4.84 Å². The molecular formula is C27H45NO3. The average Bonchev–Trinajstić information content (AvgIpc) is 2.81. The second-order valence-corrected chi connectivity index (χ2v) is 10.4. The van der Waals surface area contributed by atoms with Gasteiger partial charge in [-0.15, -0.1) is 0 Å². The van der Waals surface area contributed by atoms with E-state index in [2.05, 4.69) is 83.9 Å². The Morgan fingerprint density at radius 1 is 0.935 bits per heavy atom. The van der Waals surface area contributed by atoms with E-state index in [0.717, 1.165) is 51.7 Å². The minimum Gasteiger partial charge on any atom is -0.349 e. The number of benzene rings is 1. The van der Waals surface area contributed by atoms with Gasteiger partial charge in [0, 0.05) is 23.3 Å². The molecule has 176 valence electrons. The van der Waals surface area contributed by atoms with Gasteiger partial charge < -0.3 is 9.47 Å². The van der Waals surface area contributed by atoms with Crippen molar-refractivity contribution in [2.45, 2.75) is 104 Å². The van der Waals surface area contributed by atoms with Crippen LogP contribution in [0.4, 0.5) is 0 Å². The molecule has 3 atom stereocenters. The Hall–Kier alpha value is -0.940. The summed E-state index contributed by atoms with van der Waals surface area (Å²) in [7, 11) is 0. The van der Waals surface area contributed by atoms with Gasteiger partial charge in [-0.25, -0.2) is 0 Å². The summed E-state index contributed by atoms with van der Waals surface area (Å²) in [5.74, 6) is -0.337. The summed E-state index contributed by atoms with van der Waals surface area (Å²) in [5.41, 5.74) is 1.15. The van der Waals surface area contributed by atoms with E-state index in [0.29, 0.717) is 6.61 Å². The zero-order chi connectivity index (χ0) is 22.8. The Balaban J connectivity index is 1.82. The Morgan fingerprint density at radius 2 is 1.55 bits per heavy atom. The highest BCUT2D eigenvalue weighted by Gasteiger charge is 2.63. The van der Waals surface area contributed by atoms with Gasteiger partial charge in [-0.1, -0.05) is 65.0 Å². The molecule has 1 spiro atoms. The van der Waals surface area contributed by atoms with Crippen LogP contribution >= 0.6 is 0 Å². The molecule has 4 nitrogen and oxygen atoms in total. The molecule has 0 N–H and O–H groups in total. The number of piperidine rings is 1. The predicted octanol–water partition coefficient (Wildman–Crippen LogP) is 6.39. The van der Waals surface area contributed by atoms with Crippen molar-refractivity contribution in [3.05, 3.63) is 35.9 Å². The molecule has 1 aromatic carbocycles. The standard InChI is InChI=1S/C27H45NO3/c1-8-24(6)19-27(29-20-26(10-3,11-4)21-30-27)22(5)25(7,9-2)28(24)31-18-17-23-15-13-12-14-16-23/h12-16,22H,8-11,17-21H2,1-7H3. The first-order valence-corrected chi connectivity index (χ1v) is 12.5. The lowest BCUT2D eigenvalue weighted by Gasteiger charge is -2.64. The Morgan fingerprint density at radius 3 is 2.06 bits per heavy atom. The van der Waals surface area contributed by atoms with Crippen molar-refractivity contribution in [1.29, 1.82) is 0 Å². The summed E-state index contributed by atoms with van der Waals surface area (Å²) in [6, 6.07) is 10.6.